The van der Waals surface area contributed by atoms with Crippen molar-refractivity contribution in [2.45, 2.75) is 4.90 Å². The fourth-order valence-corrected chi connectivity index (χ4v) is 3.29. The van der Waals surface area contributed by atoms with Gasteiger partial charge in [0.15, 0.2) is 0 Å². The maximum absolute atomic E-state index is 12.2. The molecule has 0 aliphatic rings. The van der Waals surface area contributed by atoms with Crippen molar-refractivity contribution in [2.24, 2.45) is 0 Å². The Labute approximate surface area is 106 Å². The number of hydrogen-bond acceptors (Lipinski definition) is 6. The minimum Gasteiger partial charge on any atom is -0.264 e. The third-order valence-corrected chi connectivity index (χ3v) is 4.22. The molecule has 92 valence electrons. The highest BCUT2D eigenvalue weighted by Crippen LogP contribution is 2.22. The summed E-state index contributed by atoms with van der Waals surface area (Å²) in [6.07, 6.45) is 1.46. The van der Waals surface area contributed by atoms with Gasteiger partial charge in [-0.1, -0.05) is 6.07 Å². The van der Waals surface area contributed by atoms with Crippen molar-refractivity contribution in [3.8, 4) is 0 Å². The number of H-pyrrole nitrogens is 1. The minimum absolute atomic E-state index is 0.100. The summed E-state index contributed by atoms with van der Waals surface area (Å²) in [5, 5.41) is 6.21. The van der Waals surface area contributed by atoms with Crippen LogP contribution in [0.2, 0.25) is 0 Å². The number of aromatic nitrogens is 4. The summed E-state index contributed by atoms with van der Waals surface area (Å²) in [6, 6.07) is 6.36. The molecule has 0 aliphatic heterocycles. The van der Waals surface area contributed by atoms with E-state index in [1.165, 1.54) is 18.3 Å². The van der Waals surface area contributed by atoms with E-state index in [9.17, 15) is 8.42 Å². The van der Waals surface area contributed by atoms with Gasteiger partial charge in [0.05, 0.1) is 17.9 Å². The number of nitrogens with one attached hydrogen (secondary N) is 2. The molecule has 0 unspecified atom stereocenters. The van der Waals surface area contributed by atoms with Crippen molar-refractivity contribution >= 4 is 38.6 Å². The lowest BCUT2D eigenvalue weighted by atomic mass is 10.3. The predicted octanol–water partition coefficient (Wildman–Crippen LogP) is 1.22. The third-order valence-electron chi connectivity index (χ3n) is 2.28. The van der Waals surface area contributed by atoms with Crippen molar-refractivity contribution in [1.29, 1.82) is 0 Å². The molecule has 9 heteroatoms. The van der Waals surface area contributed by atoms with E-state index >= 15 is 0 Å². The van der Waals surface area contributed by atoms with Crippen LogP contribution in [0.5, 0.6) is 0 Å². The van der Waals surface area contributed by atoms with Crippen LogP contribution in [0.3, 0.4) is 0 Å². The number of benzene rings is 1. The molecule has 7 nitrogen and oxygen atoms in total. The third kappa shape index (κ3) is 1.83. The maximum Gasteiger partial charge on any atom is 0.265 e. The highest BCUT2D eigenvalue weighted by Gasteiger charge is 2.19. The molecule has 0 atom stereocenters. The molecular weight excluding hydrogens is 274 g/mol. The van der Waals surface area contributed by atoms with Gasteiger partial charge in [0, 0.05) is 6.07 Å². The van der Waals surface area contributed by atoms with E-state index in [1.807, 2.05) is 0 Å². The molecule has 1 aromatic carbocycles. The standard InChI is InChI=1S/C9H7N5O2S2/c15-18(16,14-8-4-5-10-11-8)7-3-1-2-6-9(7)13-17-12-6/h1-5H,(H2,10,11,14). The molecule has 3 rings (SSSR count). The molecular formula is C9H7N5O2S2. The van der Waals surface area contributed by atoms with Gasteiger partial charge in [0.2, 0.25) is 0 Å². The summed E-state index contributed by atoms with van der Waals surface area (Å²) in [7, 11) is -3.70. The Morgan fingerprint density at radius 1 is 1.22 bits per heavy atom. The number of aromatic amines is 1. The van der Waals surface area contributed by atoms with Crippen LogP contribution >= 0.6 is 11.7 Å². The second-order valence-corrected chi connectivity index (χ2v) is 5.64. The number of sulfonamides is 1. The van der Waals surface area contributed by atoms with Crippen LogP contribution in [0.4, 0.5) is 5.82 Å². The zero-order valence-electron chi connectivity index (χ0n) is 8.86. The van der Waals surface area contributed by atoms with E-state index in [4.69, 9.17) is 0 Å². The molecule has 0 radical (unpaired) electrons. The molecule has 18 heavy (non-hydrogen) atoms. The number of nitrogens with zero attached hydrogens (tertiary/aromatic N) is 3. The number of anilines is 1. The lowest BCUT2D eigenvalue weighted by molar-refractivity contribution is 0.601. The zero-order valence-corrected chi connectivity index (χ0v) is 10.5. The van der Waals surface area contributed by atoms with Crippen LogP contribution in [-0.4, -0.2) is 27.4 Å². The van der Waals surface area contributed by atoms with Crippen molar-refractivity contribution in [3.05, 3.63) is 30.5 Å². The monoisotopic (exact) mass is 281 g/mol. The minimum atomic E-state index is -3.70. The Balaban J connectivity index is 2.11. The second-order valence-electron chi connectivity index (χ2n) is 3.46. The highest BCUT2D eigenvalue weighted by molar-refractivity contribution is 7.93. The van der Waals surface area contributed by atoms with Gasteiger partial charge >= 0.3 is 0 Å². The van der Waals surface area contributed by atoms with E-state index < -0.39 is 10.0 Å². The fraction of sp³-hybridized carbons (Fsp3) is 0. The zero-order chi connectivity index (χ0) is 12.6. The summed E-state index contributed by atoms with van der Waals surface area (Å²) in [6.45, 7) is 0. The first-order chi connectivity index (χ1) is 8.67. The van der Waals surface area contributed by atoms with E-state index in [-0.39, 0.29) is 4.90 Å². The number of rotatable bonds is 3. The molecule has 0 spiro atoms. The van der Waals surface area contributed by atoms with Crippen molar-refractivity contribution in [1.82, 2.24) is 18.9 Å². The molecule has 0 bridgehead atoms. The molecule has 0 aliphatic carbocycles. The Kier molecular flexibility index (Phi) is 2.49. The van der Waals surface area contributed by atoms with E-state index in [2.05, 4.69) is 23.7 Å². The molecule has 2 aromatic heterocycles. The van der Waals surface area contributed by atoms with Crippen LogP contribution < -0.4 is 4.72 Å². The lowest BCUT2D eigenvalue weighted by Crippen LogP contribution is -2.13. The molecule has 2 heterocycles. The first-order valence-electron chi connectivity index (χ1n) is 4.90. The van der Waals surface area contributed by atoms with Crippen molar-refractivity contribution in [3.63, 3.8) is 0 Å². The Morgan fingerprint density at radius 3 is 2.89 bits per heavy atom. The van der Waals surface area contributed by atoms with E-state index in [0.29, 0.717) is 16.9 Å². The quantitative estimate of drug-likeness (QED) is 0.751. The Hall–Kier alpha value is -2.00. The summed E-state index contributed by atoms with van der Waals surface area (Å²) in [5.41, 5.74) is 0.932. The summed E-state index contributed by atoms with van der Waals surface area (Å²) in [4.78, 5) is 0.100. The van der Waals surface area contributed by atoms with Gasteiger partial charge in [0.1, 0.15) is 21.7 Å². The van der Waals surface area contributed by atoms with E-state index in [0.717, 1.165) is 11.7 Å². The maximum atomic E-state index is 12.2. The van der Waals surface area contributed by atoms with Gasteiger partial charge < -0.3 is 0 Å². The molecule has 3 aromatic rings. The predicted molar refractivity (Wildman–Crippen MR) is 66.8 cm³/mol. The number of hydrogen-bond donors (Lipinski definition) is 2. The largest absolute Gasteiger partial charge is 0.265 e. The van der Waals surface area contributed by atoms with Crippen molar-refractivity contribution < 1.29 is 8.42 Å². The average molecular weight is 281 g/mol. The second kappa shape index (κ2) is 4.03. The average Bonchev–Trinajstić information content (AvgIpc) is 2.97. The first-order valence-corrected chi connectivity index (χ1v) is 7.12. The number of fused-ring (bicyclic) bond motifs is 1. The summed E-state index contributed by atoms with van der Waals surface area (Å²) >= 11 is 0.979. The topological polar surface area (TPSA) is 101 Å². The normalized spacial score (nSPS) is 11.8. The smallest absolute Gasteiger partial charge is 0.264 e. The van der Waals surface area contributed by atoms with Crippen LogP contribution in [0.15, 0.2) is 35.4 Å². The van der Waals surface area contributed by atoms with Crippen LogP contribution in [-0.2, 0) is 10.0 Å². The Bertz CT molecular complexity index is 778. The molecule has 2 N–H and O–H groups in total. The van der Waals surface area contributed by atoms with Gasteiger partial charge in [0.25, 0.3) is 10.0 Å². The Morgan fingerprint density at radius 2 is 2.11 bits per heavy atom. The first kappa shape index (κ1) is 11.1. The van der Waals surface area contributed by atoms with Gasteiger partial charge in [-0.2, -0.15) is 13.8 Å². The SMILES string of the molecule is O=S(=O)(Nc1ccn[nH]1)c1cccc2nsnc12. The van der Waals surface area contributed by atoms with Crippen LogP contribution in [0, 0.1) is 0 Å². The molecule has 0 saturated heterocycles. The summed E-state index contributed by atoms with van der Waals surface area (Å²) in [5.74, 6) is 0.301. The van der Waals surface area contributed by atoms with Gasteiger partial charge in [-0.3, -0.25) is 9.82 Å². The molecule has 0 saturated carbocycles. The highest BCUT2D eigenvalue weighted by atomic mass is 32.2. The molecule has 0 amide bonds. The lowest BCUT2D eigenvalue weighted by Gasteiger charge is -2.05. The molecule has 0 fully saturated rings. The van der Waals surface area contributed by atoms with Crippen LogP contribution in [0.25, 0.3) is 11.0 Å². The van der Waals surface area contributed by atoms with Gasteiger partial charge in [-0.25, -0.2) is 8.42 Å². The van der Waals surface area contributed by atoms with Gasteiger partial charge in [-0.15, -0.1) is 0 Å². The fourth-order valence-electron chi connectivity index (χ4n) is 1.51. The van der Waals surface area contributed by atoms with E-state index in [1.54, 1.807) is 12.1 Å². The van der Waals surface area contributed by atoms with Gasteiger partial charge in [-0.05, 0) is 12.1 Å². The summed E-state index contributed by atoms with van der Waals surface area (Å²) < 4.78 is 34.8. The van der Waals surface area contributed by atoms with Crippen molar-refractivity contribution in [2.75, 3.05) is 4.72 Å². The van der Waals surface area contributed by atoms with Crippen LogP contribution in [0.1, 0.15) is 0 Å².